The highest BCUT2D eigenvalue weighted by molar-refractivity contribution is 7.15. The van der Waals surface area contributed by atoms with E-state index in [0.717, 1.165) is 21.1 Å². The van der Waals surface area contributed by atoms with Crippen molar-refractivity contribution in [2.24, 2.45) is 0 Å². The van der Waals surface area contributed by atoms with Gasteiger partial charge in [0.25, 0.3) is 5.91 Å². The van der Waals surface area contributed by atoms with Crippen LogP contribution in [0.4, 0.5) is 0 Å². The number of aromatic nitrogens is 1. The number of benzene rings is 2. The molecule has 0 saturated heterocycles. The first kappa shape index (κ1) is 17.0. The number of nitrogens with one attached hydrogen (secondary N) is 1. The van der Waals surface area contributed by atoms with Crippen LogP contribution in [0, 0.1) is 6.92 Å². The van der Waals surface area contributed by atoms with Gasteiger partial charge in [-0.2, -0.15) is 0 Å². The van der Waals surface area contributed by atoms with Gasteiger partial charge in [-0.05, 0) is 25.1 Å². The lowest BCUT2D eigenvalue weighted by molar-refractivity contribution is 0.0951. The maximum atomic E-state index is 12.2. The maximum Gasteiger partial charge on any atom is 0.251 e. The van der Waals surface area contributed by atoms with Gasteiger partial charge < -0.3 is 5.32 Å². The molecule has 0 aliphatic heterocycles. The molecule has 0 unspecified atom stereocenters. The summed E-state index contributed by atoms with van der Waals surface area (Å²) in [5.74, 6) is -0.192. The summed E-state index contributed by atoms with van der Waals surface area (Å²) in [4.78, 5) is 17.9. The van der Waals surface area contributed by atoms with Crippen molar-refractivity contribution in [2.45, 2.75) is 13.5 Å². The molecule has 24 heavy (non-hydrogen) atoms. The van der Waals surface area contributed by atoms with Crippen LogP contribution >= 0.6 is 34.5 Å². The molecule has 0 aliphatic carbocycles. The highest BCUT2D eigenvalue weighted by atomic mass is 35.5. The van der Waals surface area contributed by atoms with Crippen molar-refractivity contribution in [2.75, 3.05) is 0 Å². The number of halogens is 2. The lowest BCUT2D eigenvalue weighted by Crippen LogP contribution is -2.22. The normalized spacial score (nSPS) is 10.6. The van der Waals surface area contributed by atoms with Gasteiger partial charge in [-0.25, -0.2) is 4.98 Å². The fourth-order valence-corrected chi connectivity index (χ4v) is 3.50. The number of hydrogen-bond donors (Lipinski definition) is 1. The van der Waals surface area contributed by atoms with E-state index in [0.29, 0.717) is 22.2 Å². The molecule has 1 aromatic heterocycles. The highest BCUT2D eigenvalue weighted by Gasteiger charge is 2.12. The topological polar surface area (TPSA) is 42.0 Å². The summed E-state index contributed by atoms with van der Waals surface area (Å²) in [6, 6.07) is 14.8. The van der Waals surface area contributed by atoms with E-state index in [1.165, 1.54) is 0 Å². The van der Waals surface area contributed by atoms with Crippen molar-refractivity contribution in [3.63, 3.8) is 0 Å². The second kappa shape index (κ2) is 7.34. The summed E-state index contributed by atoms with van der Waals surface area (Å²) in [6.07, 6.45) is 0. The Morgan fingerprint density at radius 2 is 1.88 bits per heavy atom. The highest BCUT2D eigenvalue weighted by Crippen LogP contribution is 2.28. The first-order valence-electron chi connectivity index (χ1n) is 7.29. The second-order valence-corrected chi connectivity index (χ2v) is 7.10. The number of carbonyl (C=O) groups excluding carboxylic acids is 1. The maximum absolute atomic E-state index is 12.2. The monoisotopic (exact) mass is 376 g/mol. The molecule has 0 spiro atoms. The van der Waals surface area contributed by atoms with Gasteiger partial charge in [0.2, 0.25) is 0 Å². The van der Waals surface area contributed by atoms with E-state index < -0.39 is 0 Å². The summed E-state index contributed by atoms with van der Waals surface area (Å²) >= 11 is 13.4. The quantitative estimate of drug-likeness (QED) is 0.666. The van der Waals surface area contributed by atoms with Gasteiger partial charge in [0.1, 0.15) is 5.01 Å². The molecule has 2 aromatic carbocycles. The fourth-order valence-electron chi connectivity index (χ4n) is 2.20. The van der Waals surface area contributed by atoms with E-state index in [1.807, 2.05) is 37.3 Å². The van der Waals surface area contributed by atoms with Crippen LogP contribution in [0.5, 0.6) is 0 Å². The van der Waals surface area contributed by atoms with E-state index >= 15 is 0 Å². The van der Waals surface area contributed by atoms with Crippen LogP contribution in [0.15, 0.2) is 48.5 Å². The average molecular weight is 377 g/mol. The summed E-state index contributed by atoms with van der Waals surface area (Å²) in [7, 11) is 0. The largest absolute Gasteiger partial charge is 0.347 e. The average Bonchev–Trinajstić information content (AvgIpc) is 2.97. The number of amides is 1. The van der Waals surface area contributed by atoms with Crippen molar-refractivity contribution in [1.82, 2.24) is 10.3 Å². The van der Waals surface area contributed by atoms with Crippen LogP contribution in [0.25, 0.3) is 10.6 Å². The number of thiazole rings is 1. The van der Waals surface area contributed by atoms with Crippen LogP contribution in [-0.4, -0.2) is 10.9 Å². The van der Waals surface area contributed by atoms with Gasteiger partial charge >= 0.3 is 0 Å². The van der Waals surface area contributed by atoms with Gasteiger partial charge in [-0.3, -0.25) is 4.79 Å². The van der Waals surface area contributed by atoms with Crippen molar-refractivity contribution >= 4 is 40.4 Å². The van der Waals surface area contributed by atoms with Crippen LogP contribution in [-0.2, 0) is 6.54 Å². The Kier molecular flexibility index (Phi) is 5.19. The first-order valence-corrected chi connectivity index (χ1v) is 8.87. The van der Waals surface area contributed by atoms with Gasteiger partial charge in [0.05, 0.1) is 22.3 Å². The molecule has 3 aromatic rings. The predicted octanol–water partition coefficient (Wildman–Crippen LogP) is 5.36. The van der Waals surface area contributed by atoms with Crippen molar-refractivity contribution in [3.05, 3.63) is 74.7 Å². The van der Waals surface area contributed by atoms with Crippen molar-refractivity contribution in [3.8, 4) is 10.6 Å². The van der Waals surface area contributed by atoms with E-state index in [2.05, 4.69) is 10.3 Å². The molecule has 1 amide bonds. The van der Waals surface area contributed by atoms with Gasteiger partial charge in [0.15, 0.2) is 0 Å². The predicted molar refractivity (Wildman–Crippen MR) is 99.9 cm³/mol. The molecule has 1 N–H and O–H groups in total. The number of nitrogens with zero attached hydrogens (tertiary/aromatic N) is 1. The molecule has 6 heteroatoms. The number of hydrogen-bond acceptors (Lipinski definition) is 3. The molecule has 0 atom stereocenters. The zero-order valence-corrected chi connectivity index (χ0v) is 15.2. The first-order chi connectivity index (χ1) is 11.5. The van der Waals surface area contributed by atoms with Crippen molar-refractivity contribution < 1.29 is 4.79 Å². The Labute approximate surface area is 154 Å². The summed E-state index contributed by atoms with van der Waals surface area (Å²) < 4.78 is 0. The van der Waals surface area contributed by atoms with Crippen LogP contribution < -0.4 is 5.32 Å². The van der Waals surface area contributed by atoms with Crippen molar-refractivity contribution in [1.29, 1.82) is 0 Å². The molecule has 0 aliphatic rings. The molecule has 1 heterocycles. The molecule has 0 fully saturated rings. The van der Waals surface area contributed by atoms with E-state index in [9.17, 15) is 4.79 Å². The molecule has 3 rings (SSSR count). The molecule has 3 nitrogen and oxygen atoms in total. The summed E-state index contributed by atoms with van der Waals surface area (Å²) in [6.45, 7) is 2.37. The Bertz CT molecular complexity index is 878. The Hall–Kier alpha value is -1.88. The fraction of sp³-hybridized carbons (Fsp3) is 0.111. The standard InChI is InChI=1S/C18H14Cl2N2OS/c1-11-16(24-18(22-11)12-5-3-2-4-6-12)10-21-17(23)13-7-8-14(19)15(20)9-13/h2-9H,10H2,1H3,(H,21,23). The van der Waals surface area contributed by atoms with E-state index in [1.54, 1.807) is 29.5 Å². The SMILES string of the molecule is Cc1nc(-c2ccccc2)sc1CNC(=O)c1ccc(Cl)c(Cl)c1. The number of rotatable bonds is 4. The third kappa shape index (κ3) is 3.78. The van der Waals surface area contributed by atoms with Crippen LogP contribution in [0.1, 0.15) is 20.9 Å². The Morgan fingerprint density at radius 1 is 1.12 bits per heavy atom. The van der Waals surface area contributed by atoms with Gasteiger partial charge in [-0.1, -0.05) is 53.5 Å². The van der Waals surface area contributed by atoms with Gasteiger partial charge in [-0.15, -0.1) is 11.3 Å². The lowest BCUT2D eigenvalue weighted by atomic mass is 10.2. The number of aryl methyl sites for hydroxylation is 1. The van der Waals surface area contributed by atoms with Crippen LogP contribution in [0.3, 0.4) is 0 Å². The number of carbonyl (C=O) groups is 1. The smallest absolute Gasteiger partial charge is 0.251 e. The Morgan fingerprint density at radius 3 is 2.58 bits per heavy atom. The van der Waals surface area contributed by atoms with E-state index in [4.69, 9.17) is 23.2 Å². The minimum Gasteiger partial charge on any atom is -0.347 e. The minimum absolute atomic E-state index is 0.192. The summed E-state index contributed by atoms with van der Waals surface area (Å²) in [5.41, 5.74) is 2.48. The molecule has 0 bridgehead atoms. The molecule has 122 valence electrons. The third-order valence-electron chi connectivity index (χ3n) is 3.50. The zero-order valence-electron chi connectivity index (χ0n) is 12.8. The zero-order chi connectivity index (χ0) is 17.1. The lowest BCUT2D eigenvalue weighted by Gasteiger charge is -2.05. The minimum atomic E-state index is -0.192. The third-order valence-corrected chi connectivity index (χ3v) is 5.45. The molecular formula is C18H14Cl2N2OS. The van der Waals surface area contributed by atoms with Gasteiger partial charge in [0, 0.05) is 16.0 Å². The van der Waals surface area contributed by atoms with Crippen LogP contribution in [0.2, 0.25) is 10.0 Å². The van der Waals surface area contributed by atoms with E-state index in [-0.39, 0.29) is 5.91 Å². The Balaban J connectivity index is 1.71. The molecule has 0 radical (unpaired) electrons. The molecule has 0 saturated carbocycles. The summed E-state index contributed by atoms with van der Waals surface area (Å²) in [5, 5.41) is 4.64. The molecular weight excluding hydrogens is 363 g/mol. The second-order valence-electron chi connectivity index (χ2n) is 5.21.